The number of carbonyl (C=O) groups excluding carboxylic acids is 2. The molecule has 0 spiro atoms. The van der Waals surface area contributed by atoms with Crippen LogP contribution >= 0.6 is 0 Å². The van der Waals surface area contributed by atoms with Crippen LogP contribution in [0.3, 0.4) is 0 Å². The molecule has 114 valence electrons. The number of hydrogen-bond donors (Lipinski definition) is 1. The van der Waals surface area contributed by atoms with Gasteiger partial charge in [0.05, 0.1) is 0 Å². The second-order valence-corrected chi connectivity index (χ2v) is 6.23. The highest BCUT2D eigenvalue weighted by molar-refractivity contribution is 5.79. The molecule has 0 radical (unpaired) electrons. The first-order valence-electron chi connectivity index (χ1n) is 7.63. The smallest absolute Gasteiger partial charge is 0.223 e. The summed E-state index contributed by atoms with van der Waals surface area (Å²) in [7, 11) is 0. The third-order valence-corrected chi connectivity index (χ3v) is 3.69. The fourth-order valence-electron chi connectivity index (χ4n) is 2.65. The highest BCUT2D eigenvalue weighted by Gasteiger charge is 2.29. The van der Waals surface area contributed by atoms with Crippen LogP contribution in [0.5, 0.6) is 0 Å². The third-order valence-electron chi connectivity index (χ3n) is 3.69. The minimum absolute atomic E-state index is 0.0824. The third kappa shape index (κ3) is 4.88. The van der Waals surface area contributed by atoms with Gasteiger partial charge in [-0.25, -0.2) is 0 Å². The Morgan fingerprint density at radius 1 is 1.33 bits per heavy atom. The van der Waals surface area contributed by atoms with Gasteiger partial charge >= 0.3 is 0 Å². The molecule has 1 aliphatic heterocycles. The van der Waals surface area contributed by atoms with Gasteiger partial charge in [0, 0.05) is 38.4 Å². The van der Waals surface area contributed by atoms with Crippen LogP contribution < -0.4 is 5.32 Å². The van der Waals surface area contributed by atoms with Crippen molar-refractivity contribution in [1.29, 1.82) is 0 Å². The molecular formula is C17H24N2O2. The standard InChI is InChI=1S/C17H24N2O2/c1-13(2)8-16(20)18-10-15-9-17(21)19(12-15)11-14-6-4-3-5-7-14/h3-7,13,15H,8-12H2,1-2H3,(H,18,20). The topological polar surface area (TPSA) is 49.4 Å². The number of benzene rings is 1. The van der Waals surface area contributed by atoms with Crippen LogP contribution in [0.1, 0.15) is 32.3 Å². The maximum absolute atomic E-state index is 12.0. The van der Waals surface area contributed by atoms with Crippen molar-refractivity contribution in [2.45, 2.75) is 33.2 Å². The molecule has 4 heteroatoms. The maximum atomic E-state index is 12.0. The molecule has 1 aromatic carbocycles. The molecule has 1 unspecified atom stereocenters. The molecule has 1 saturated heterocycles. The monoisotopic (exact) mass is 288 g/mol. The molecule has 4 nitrogen and oxygen atoms in total. The Morgan fingerprint density at radius 3 is 2.71 bits per heavy atom. The zero-order chi connectivity index (χ0) is 15.2. The van der Waals surface area contributed by atoms with Crippen molar-refractivity contribution in [1.82, 2.24) is 10.2 Å². The summed E-state index contributed by atoms with van der Waals surface area (Å²) in [5.41, 5.74) is 1.15. The van der Waals surface area contributed by atoms with Crippen LogP contribution in [0.15, 0.2) is 30.3 Å². The summed E-state index contributed by atoms with van der Waals surface area (Å²) in [5, 5.41) is 2.94. The lowest BCUT2D eigenvalue weighted by Crippen LogP contribution is -2.31. The Bertz CT molecular complexity index is 485. The number of amides is 2. The second-order valence-electron chi connectivity index (χ2n) is 6.23. The van der Waals surface area contributed by atoms with Crippen LogP contribution in [0.4, 0.5) is 0 Å². The average molecular weight is 288 g/mol. The Balaban J connectivity index is 1.78. The number of nitrogens with zero attached hydrogens (tertiary/aromatic N) is 1. The Kier molecular flexibility index (Phi) is 5.37. The molecule has 2 amide bonds. The molecule has 1 aromatic rings. The lowest BCUT2D eigenvalue weighted by molar-refractivity contribution is -0.128. The molecule has 1 atom stereocenters. The maximum Gasteiger partial charge on any atom is 0.223 e. The predicted octanol–water partition coefficient (Wildman–Crippen LogP) is 2.20. The summed E-state index contributed by atoms with van der Waals surface area (Å²) >= 11 is 0. The Hall–Kier alpha value is -1.84. The fraction of sp³-hybridized carbons (Fsp3) is 0.529. The van der Waals surface area contributed by atoms with Gasteiger partial charge in [-0.15, -0.1) is 0 Å². The number of hydrogen-bond acceptors (Lipinski definition) is 2. The van der Waals surface area contributed by atoms with Crippen molar-refractivity contribution >= 4 is 11.8 Å². The van der Waals surface area contributed by atoms with Crippen molar-refractivity contribution in [2.75, 3.05) is 13.1 Å². The number of nitrogens with one attached hydrogen (secondary N) is 1. The van der Waals surface area contributed by atoms with Crippen LogP contribution in [0, 0.1) is 11.8 Å². The summed E-state index contributed by atoms with van der Waals surface area (Å²) in [6.45, 7) is 6.05. The van der Waals surface area contributed by atoms with Crippen LogP contribution in [0.25, 0.3) is 0 Å². The minimum atomic E-state index is 0.0824. The second kappa shape index (κ2) is 7.25. The largest absolute Gasteiger partial charge is 0.356 e. The lowest BCUT2D eigenvalue weighted by Gasteiger charge is -2.17. The zero-order valence-corrected chi connectivity index (χ0v) is 12.8. The molecule has 21 heavy (non-hydrogen) atoms. The molecule has 0 saturated carbocycles. The van der Waals surface area contributed by atoms with E-state index in [0.717, 1.165) is 12.1 Å². The van der Waals surface area contributed by atoms with Crippen LogP contribution in [0.2, 0.25) is 0 Å². The van der Waals surface area contributed by atoms with E-state index in [1.807, 2.05) is 49.1 Å². The summed E-state index contributed by atoms with van der Waals surface area (Å²) < 4.78 is 0. The fourth-order valence-corrected chi connectivity index (χ4v) is 2.65. The summed E-state index contributed by atoms with van der Waals surface area (Å²) in [5.74, 6) is 0.864. The molecule has 2 rings (SSSR count). The van der Waals surface area contributed by atoms with Gasteiger partial charge in [0.15, 0.2) is 0 Å². The zero-order valence-electron chi connectivity index (χ0n) is 12.8. The first kappa shape index (κ1) is 15.5. The number of rotatable bonds is 6. The normalized spacial score (nSPS) is 18.3. The summed E-state index contributed by atoms with van der Waals surface area (Å²) in [6.07, 6.45) is 1.09. The predicted molar refractivity (Wildman–Crippen MR) is 82.4 cm³/mol. The molecule has 1 heterocycles. The van der Waals surface area contributed by atoms with E-state index in [9.17, 15) is 9.59 Å². The van der Waals surface area contributed by atoms with Crippen LogP contribution in [-0.2, 0) is 16.1 Å². The van der Waals surface area contributed by atoms with Crippen molar-refractivity contribution in [3.63, 3.8) is 0 Å². The van der Waals surface area contributed by atoms with Gasteiger partial charge in [-0.2, -0.15) is 0 Å². The van der Waals surface area contributed by atoms with E-state index in [-0.39, 0.29) is 17.7 Å². The van der Waals surface area contributed by atoms with E-state index >= 15 is 0 Å². The minimum Gasteiger partial charge on any atom is -0.356 e. The summed E-state index contributed by atoms with van der Waals surface area (Å²) in [4.78, 5) is 25.6. The Labute approximate surface area is 126 Å². The number of likely N-dealkylation sites (tertiary alicyclic amines) is 1. The van der Waals surface area contributed by atoms with Crippen LogP contribution in [-0.4, -0.2) is 29.8 Å². The van der Waals surface area contributed by atoms with Gasteiger partial charge in [0.25, 0.3) is 0 Å². The first-order valence-corrected chi connectivity index (χ1v) is 7.63. The highest BCUT2D eigenvalue weighted by atomic mass is 16.2. The molecular weight excluding hydrogens is 264 g/mol. The van der Waals surface area contributed by atoms with E-state index in [1.54, 1.807) is 0 Å². The summed E-state index contributed by atoms with van der Waals surface area (Å²) in [6, 6.07) is 10.0. The van der Waals surface area contributed by atoms with Gasteiger partial charge < -0.3 is 10.2 Å². The van der Waals surface area contributed by atoms with Gasteiger partial charge in [0.2, 0.25) is 11.8 Å². The van der Waals surface area contributed by atoms with Gasteiger partial charge in [-0.05, 0) is 11.5 Å². The van der Waals surface area contributed by atoms with Crippen molar-refractivity contribution in [3.8, 4) is 0 Å². The Morgan fingerprint density at radius 2 is 2.05 bits per heavy atom. The van der Waals surface area contributed by atoms with Crippen molar-refractivity contribution in [2.24, 2.45) is 11.8 Å². The quantitative estimate of drug-likeness (QED) is 0.872. The molecule has 1 N–H and O–H groups in total. The van der Waals surface area contributed by atoms with Gasteiger partial charge in [-0.1, -0.05) is 44.2 Å². The van der Waals surface area contributed by atoms with E-state index in [0.29, 0.717) is 31.8 Å². The van der Waals surface area contributed by atoms with E-state index in [1.165, 1.54) is 0 Å². The van der Waals surface area contributed by atoms with E-state index in [4.69, 9.17) is 0 Å². The van der Waals surface area contributed by atoms with Gasteiger partial charge in [-0.3, -0.25) is 9.59 Å². The molecule has 1 aliphatic rings. The number of carbonyl (C=O) groups is 2. The van der Waals surface area contributed by atoms with E-state index in [2.05, 4.69) is 5.32 Å². The lowest BCUT2D eigenvalue weighted by atomic mass is 10.1. The SMILES string of the molecule is CC(C)CC(=O)NCC1CC(=O)N(Cc2ccccc2)C1. The highest BCUT2D eigenvalue weighted by Crippen LogP contribution is 2.19. The van der Waals surface area contributed by atoms with Gasteiger partial charge in [0.1, 0.15) is 0 Å². The van der Waals surface area contributed by atoms with E-state index < -0.39 is 0 Å². The first-order chi connectivity index (χ1) is 10.0. The van der Waals surface area contributed by atoms with Crippen molar-refractivity contribution < 1.29 is 9.59 Å². The molecule has 0 aliphatic carbocycles. The molecule has 0 bridgehead atoms. The molecule has 0 aromatic heterocycles. The average Bonchev–Trinajstić information content (AvgIpc) is 2.77. The molecule has 1 fully saturated rings. The van der Waals surface area contributed by atoms with Crippen molar-refractivity contribution in [3.05, 3.63) is 35.9 Å².